The Labute approximate surface area is 95.2 Å². The van der Waals surface area contributed by atoms with E-state index in [1.165, 1.54) is 0 Å². The molecule has 0 saturated heterocycles. The lowest BCUT2D eigenvalue weighted by molar-refractivity contribution is -0.129. The zero-order valence-electron chi connectivity index (χ0n) is 10.1. The number of carbonyl (C=O) groups excluding carboxylic acids is 2. The quantitative estimate of drug-likeness (QED) is 0.734. The lowest BCUT2D eigenvalue weighted by Crippen LogP contribution is -2.26. The van der Waals surface area contributed by atoms with E-state index >= 15 is 0 Å². The van der Waals surface area contributed by atoms with E-state index in [1.54, 1.807) is 50.7 Å². The smallest absolute Gasteiger partial charge is 0.355 e. The molecule has 0 bridgehead atoms. The van der Waals surface area contributed by atoms with E-state index in [0.29, 0.717) is 5.69 Å². The van der Waals surface area contributed by atoms with Crippen molar-refractivity contribution in [2.45, 2.75) is 20.8 Å². The molecule has 0 aliphatic rings. The molecule has 0 N–H and O–H groups in total. The van der Waals surface area contributed by atoms with Gasteiger partial charge in [0.05, 0.1) is 0 Å². The van der Waals surface area contributed by atoms with Crippen molar-refractivity contribution < 1.29 is 14.3 Å². The number of ketones is 1. The molecule has 1 aromatic rings. The largest absolute Gasteiger partial charge is 0.453 e. The zero-order valence-corrected chi connectivity index (χ0v) is 10.1. The van der Waals surface area contributed by atoms with Gasteiger partial charge in [-0.25, -0.2) is 4.79 Å². The first-order valence-corrected chi connectivity index (χ1v) is 5.14. The Morgan fingerprint density at radius 1 is 1.38 bits per heavy atom. The number of carbonyl (C=O) groups is 2. The maximum Gasteiger partial charge on any atom is 0.355 e. The predicted molar refractivity (Wildman–Crippen MR) is 60.2 cm³/mol. The highest BCUT2D eigenvalue weighted by molar-refractivity contribution is 5.91. The minimum Gasteiger partial charge on any atom is -0.453 e. The normalized spacial score (nSPS) is 11.2. The van der Waals surface area contributed by atoms with Crippen LogP contribution in [-0.2, 0) is 16.6 Å². The van der Waals surface area contributed by atoms with Crippen LogP contribution in [0.5, 0.6) is 0 Å². The second-order valence-electron chi connectivity index (χ2n) is 4.75. The summed E-state index contributed by atoms with van der Waals surface area (Å²) in [5.74, 6) is -0.555. The molecule has 0 aliphatic heterocycles. The highest BCUT2D eigenvalue weighted by atomic mass is 16.5. The second-order valence-corrected chi connectivity index (χ2v) is 4.75. The molecule has 0 amide bonds. The molecule has 0 radical (unpaired) electrons. The molecule has 4 nitrogen and oxygen atoms in total. The summed E-state index contributed by atoms with van der Waals surface area (Å²) in [5, 5.41) is 0. The Balaban J connectivity index is 2.55. The topological polar surface area (TPSA) is 48.3 Å². The van der Waals surface area contributed by atoms with Crippen LogP contribution < -0.4 is 0 Å². The van der Waals surface area contributed by atoms with Crippen molar-refractivity contribution in [1.82, 2.24) is 4.57 Å². The van der Waals surface area contributed by atoms with Gasteiger partial charge in [-0.2, -0.15) is 0 Å². The molecule has 1 rings (SSSR count). The molecule has 0 atom stereocenters. The van der Waals surface area contributed by atoms with Gasteiger partial charge in [0.2, 0.25) is 0 Å². The van der Waals surface area contributed by atoms with E-state index in [4.69, 9.17) is 4.74 Å². The van der Waals surface area contributed by atoms with E-state index in [2.05, 4.69) is 0 Å². The van der Waals surface area contributed by atoms with Crippen LogP contribution in [0.1, 0.15) is 31.3 Å². The van der Waals surface area contributed by atoms with Gasteiger partial charge < -0.3 is 9.30 Å². The molecule has 0 unspecified atom stereocenters. The van der Waals surface area contributed by atoms with Crippen molar-refractivity contribution in [3.8, 4) is 0 Å². The summed E-state index contributed by atoms with van der Waals surface area (Å²) in [4.78, 5) is 23.1. The molecule has 88 valence electrons. The molecular weight excluding hydrogens is 206 g/mol. The molecule has 0 saturated carbocycles. The number of rotatable bonds is 3. The van der Waals surface area contributed by atoms with Crippen LogP contribution in [0.4, 0.5) is 0 Å². The van der Waals surface area contributed by atoms with E-state index < -0.39 is 11.4 Å². The minimum atomic E-state index is -0.478. The number of esters is 1. The van der Waals surface area contributed by atoms with Crippen LogP contribution in [0.25, 0.3) is 0 Å². The number of aromatic nitrogens is 1. The third-order valence-electron chi connectivity index (χ3n) is 2.32. The van der Waals surface area contributed by atoms with Gasteiger partial charge in [-0.05, 0) is 12.1 Å². The number of nitrogens with zero attached hydrogens (tertiary/aromatic N) is 1. The number of Topliss-reactive ketones (excluding diaryl/α,β-unsaturated/α-hetero) is 1. The number of hydrogen-bond donors (Lipinski definition) is 0. The summed E-state index contributed by atoms with van der Waals surface area (Å²) in [7, 11) is 1.75. The van der Waals surface area contributed by atoms with Crippen molar-refractivity contribution in [3.05, 3.63) is 24.0 Å². The van der Waals surface area contributed by atoms with Crippen molar-refractivity contribution in [3.63, 3.8) is 0 Å². The molecule has 0 fully saturated rings. The van der Waals surface area contributed by atoms with Crippen molar-refractivity contribution in [2.75, 3.05) is 6.61 Å². The molecule has 1 heterocycles. The first-order chi connectivity index (χ1) is 7.32. The fraction of sp³-hybridized carbons (Fsp3) is 0.500. The van der Waals surface area contributed by atoms with Gasteiger partial charge in [-0.3, -0.25) is 4.79 Å². The van der Waals surface area contributed by atoms with E-state index in [0.717, 1.165) is 0 Å². The maximum atomic E-state index is 11.6. The van der Waals surface area contributed by atoms with Gasteiger partial charge >= 0.3 is 5.97 Å². The minimum absolute atomic E-state index is 0.0879. The van der Waals surface area contributed by atoms with Crippen LogP contribution >= 0.6 is 0 Å². The summed E-state index contributed by atoms with van der Waals surface area (Å²) in [6.07, 6.45) is 1.75. The van der Waals surface area contributed by atoms with Crippen molar-refractivity contribution in [1.29, 1.82) is 0 Å². The Morgan fingerprint density at radius 2 is 2.00 bits per heavy atom. The van der Waals surface area contributed by atoms with E-state index in [1.807, 2.05) is 0 Å². The van der Waals surface area contributed by atoms with Gasteiger partial charge in [-0.1, -0.05) is 20.8 Å². The van der Waals surface area contributed by atoms with Crippen LogP contribution in [0, 0.1) is 5.41 Å². The highest BCUT2D eigenvalue weighted by Gasteiger charge is 2.23. The first kappa shape index (κ1) is 12.5. The maximum absolute atomic E-state index is 11.6. The SMILES string of the molecule is Cn1cccc1C(=O)OCC(=O)C(C)(C)C. The summed E-state index contributed by atoms with van der Waals surface area (Å²) in [5.41, 5.74) is -0.0317. The lowest BCUT2D eigenvalue weighted by Gasteiger charge is -2.16. The Kier molecular flexibility index (Phi) is 3.52. The second kappa shape index (κ2) is 4.51. The van der Waals surface area contributed by atoms with Crippen LogP contribution in [0.3, 0.4) is 0 Å². The molecule has 1 aromatic heterocycles. The molecule has 16 heavy (non-hydrogen) atoms. The third-order valence-corrected chi connectivity index (χ3v) is 2.32. The van der Waals surface area contributed by atoms with E-state index in [-0.39, 0.29) is 12.4 Å². The lowest BCUT2D eigenvalue weighted by atomic mass is 9.91. The first-order valence-electron chi connectivity index (χ1n) is 5.14. The van der Waals surface area contributed by atoms with Gasteiger partial charge in [0.25, 0.3) is 0 Å². The monoisotopic (exact) mass is 223 g/mol. The zero-order chi connectivity index (χ0) is 12.3. The third kappa shape index (κ3) is 2.95. The molecular formula is C12H17NO3. The summed E-state index contributed by atoms with van der Waals surface area (Å²) in [6, 6.07) is 3.41. The molecule has 0 aliphatic carbocycles. The van der Waals surface area contributed by atoms with Crippen LogP contribution in [0.15, 0.2) is 18.3 Å². The highest BCUT2D eigenvalue weighted by Crippen LogP contribution is 2.14. The molecule has 0 spiro atoms. The standard InChI is InChI=1S/C12H17NO3/c1-12(2,3)10(14)8-16-11(15)9-6-5-7-13(9)4/h5-7H,8H2,1-4H3. The van der Waals surface area contributed by atoms with Gasteiger partial charge in [-0.15, -0.1) is 0 Å². The predicted octanol–water partition coefficient (Wildman–Crippen LogP) is 1.80. The van der Waals surface area contributed by atoms with Crippen LogP contribution in [-0.4, -0.2) is 22.9 Å². The molecule has 4 heteroatoms. The van der Waals surface area contributed by atoms with Gasteiger partial charge in [0.1, 0.15) is 5.69 Å². The van der Waals surface area contributed by atoms with Gasteiger partial charge in [0, 0.05) is 18.7 Å². The van der Waals surface area contributed by atoms with E-state index in [9.17, 15) is 9.59 Å². The fourth-order valence-electron chi connectivity index (χ4n) is 1.09. The van der Waals surface area contributed by atoms with Gasteiger partial charge in [0.15, 0.2) is 12.4 Å². The van der Waals surface area contributed by atoms with Crippen molar-refractivity contribution in [2.24, 2.45) is 12.5 Å². The summed E-state index contributed by atoms with van der Waals surface area (Å²) < 4.78 is 6.60. The average molecular weight is 223 g/mol. The Bertz CT molecular complexity index is 399. The number of ether oxygens (including phenoxy) is 1. The molecule has 0 aromatic carbocycles. The number of hydrogen-bond acceptors (Lipinski definition) is 3. The fourth-order valence-corrected chi connectivity index (χ4v) is 1.09. The van der Waals surface area contributed by atoms with Crippen LogP contribution in [0.2, 0.25) is 0 Å². The average Bonchev–Trinajstić information content (AvgIpc) is 2.58. The Morgan fingerprint density at radius 3 is 2.44 bits per heavy atom. The number of aryl methyl sites for hydroxylation is 1. The Hall–Kier alpha value is -1.58. The summed E-state index contributed by atoms with van der Waals surface area (Å²) >= 11 is 0. The van der Waals surface area contributed by atoms with Crippen molar-refractivity contribution >= 4 is 11.8 Å². The summed E-state index contributed by atoms with van der Waals surface area (Å²) in [6.45, 7) is 5.22.